The van der Waals surface area contributed by atoms with Crippen LogP contribution in [0, 0.1) is 0 Å². The zero-order valence-electron chi connectivity index (χ0n) is 16.8. The molecule has 0 spiro atoms. The second kappa shape index (κ2) is 20.6. The summed E-state index contributed by atoms with van der Waals surface area (Å²) in [7, 11) is 3.75. The number of esters is 1. The molecule has 0 saturated carbocycles. The number of allylic oxidation sites excluding steroid dienone is 10. The van der Waals surface area contributed by atoms with Crippen molar-refractivity contribution in [2.45, 2.75) is 58.0 Å². The zero-order chi connectivity index (χ0) is 20.0. The molecule has 0 heterocycles. The molecular weight excluding hydrogens is 355 g/mol. The summed E-state index contributed by atoms with van der Waals surface area (Å²) in [5, 5.41) is 0. The van der Waals surface area contributed by atoms with E-state index in [1.54, 1.807) is 0 Å². The van der Waals surface area contributed by atoms with Gasteiger partial charge in [0.1, 0.15) is 0 Å². The number of hydrogen-bond donors (Lipinski definition) is 0. The maximum absolute atomic E-state index is 10.9. The summed E-state index contributed by atoms with van der Waals surface area (Å²) in [6, 6.07) is 0. The molecule has 4 heteroatoms. The topological polar surface area (TPSA) is 35.5 Å². The maximum Gasteiger partial charge on any atom is 0.305 e. The molecule has 3 nitrogen and oxygen atoms in total. The summed E-state index contributed by atoms with van der Waals surface area (Å²) in [4.78, 5) is 10.9. The maximum atomic E-state index is 10.9. The smallest absolute Gasteiger partial charge is 0.305 e. The first-order valence-corrected chi connectivity index (χ1v) is 10.1. The van der Waals surface area contributed by atoms with E-state index in [0.29, 0.717) is 6.42 Å². The van der Waals surface area contributed by atoms with Crippen molar-refractivity contribution in [3.63, 3.8) is 0 Å². The number of hydrogen-bond acceptors (Lipinski definition) is 3. The fourth-order valence-electron chi connectivity index (χ4n) is 2.06. The number of methoxy groups -OCH3 is 1. The third-order valence-corrected chi connectivity index (χ3v) is 3.93. The van der Waals surface area contributed by atoms with Crippen molar-refractivity contribution in [2.75, 3.05) is 7.11 Å². The van der Waals surface area contributed by atoms with Gasteiger partial charge in [-0.15, -0.1) is 0 Å². The molecule has 150 valence electrons. The van der Waals surface area contributed by atoms with Crippen LogP contribution in [0.5, 0.6) is 0 Å². The fourth-order valence-corrected chi connectivity index (χ4v) is 2.26. The Morgan fingerprint density at radius 2 is 1.52 bits per heavy atom. The van der Waals surface area contributed by atoms with Crippen LogP contribution in [0.4, 0.5) is 0 Å². The predicted molar refractivity (Wildman–Crippen MR) is 119 cm³/mol. The normalized spacial score (nSPS) is 14.0. The summed E-state index contributed by atoms with van der Waals surface area (Å²) in [5.74, 6) is -0.164. The van der Waals surface area contributed by atoms with E-state index in [1.807, 2.05) is 12.2 Å². The molecule has 0 aliphatic carbocycles. The molecule has 0 fully saturated rings. The number of carbonyl (C=O) groups excluding carboxylic acids is 1. The Balaban J connectivity index is 3.86. The molecule has 2 unspecified atom stereocenters. The van der Waals surface area contributed by atoms with Crippen molar-refractivity contribution in [2.24, 2.45) is 0 Å². The van der Waals surface area contributed by atoms with E-state index in [1.165, 1.54) is 7.11 Å². The summed E-state index contributed by atoms with van der Waals surface area (Å²) in [6.07, 6.45) is 31.2. The highest BCUT2D eigenvalue weighted by Crippen LogP contribution is 2.07. The third kappa shape index (κ3) is 18.9. The van der Waals surface area contributed by atoms with Gasteiger partial charge >= 0.3 is 5.97 Å². The highest BCUT2D eigenvalue weighted by molar-refractivity contribution is 7.09. The Bertz CT molecular complexity index is 528. The van der Waals surface area contributed by atoms with Crippen LogP contribution in [0.15, 0.2) is 72.9 Å². The van der Waals surface area contributed by atoms with Gasteiger partial charge in [-0.05, 0) is 38.5 Å². The van der Waals surface area contributed by atoms with E-state index in [9.17, 15) is 4.79 Å². The van der Waals surface area contributed by atoms with Crippen molar-refractivity contribution >= 4 is 15.4 Å². The minimum Gasteiger partial charge on any atom is -0.469 e. The van der Waals surface area contributed by atoms with Crippen LogP contribution in [0.25, 0.3) is 0 Å². The van der Waals surface area contributed by atoms with Gasteiger partial charge in [-0.2, -0.15) is 0 Å². The first kappa shape index (κ1) is 25.3. The third-order valence-electron chi connectivity index (χ3n) is 3.58. The second-order valence-electron chi connectivity index (χ2n) is 5.84. The molecule has 0 aliphatic heterocycles. The van der Waals surface area contributed by atoms with Gasteiger partial charge in [-0.1, -0.05) is 79.8 Å². The van der Waals surface area contributed by atoms with E-state index >= 15 is 0 Å². The van der Waals surface area contributed by atoms with Gasteiger partial charge in [0.25, 0.3) is 0 Å². The van der Waals surface area contributed by atoms with Crippen molar-refractivity contribution in [3.05, 3.63) is 72.9 Å². The summed E-state index contributed by atoms with van der Waals surface area (Å²) < 4.78 is 9.96. The lowest BCUT2D eigenvalue weighted by atomic mass is 10.2. The Hall–Kier alpha value is -1.70. The molecule has 0 amide bonds. The first-order chi connectivity index (χ1) is 13.2. The highest BCUT2D eigenvalue weighted by atomic mass is 31.0. The van der Waals surface area contributed by atoms with Gasteiger partial charge in [0.15, 0.2) is 0 Å². The van der Waals surface area contributed by atoms with Gasteiger partial charge in [0.2, 0.25) is 0 Å². The lowest BCUT2D eigenvalue weighted by molar-refractivity contribution is -0.140. The predicted octanol–water partition coefficient (Wildman–Crippen LogP) is 6.42. The minimum absolute atomic E-state index is 0.0730. The van der Waals surface area contributed by atoms with E-state index in [-0.39, 0.29) is 12.1 Å². The zero-order valence-corrected chi connectivity index (χ0v) is 17.9. The van der Waals surface area contributed by atoms with Gasteiger partial charge in [-0.25, -0.2) is 0 Å². The van der Waals surface area contributed by atoms with Gasteiger partial charge in [-0.3, -0.25) is 4.79 Å². The van der Waals surface area contributed by atoms with Crippen LogP contribution in [-0.2, 0) is 14.1 Å². The molecule has 27 heavy (non-hydrogen) atoms. The first-order valence-electron chi connectivity index (χ1n) is 9.60. The highest BCUT2D eigenvalue weighted by Gasteiger charge is 1.97. The Kier molecular flexibility index (Phi) is 19.3. The van der Waals surface area contributed by atoms with Gasteiger partial charge < -0.3 is 9.26 Å². The minimum atomic E-state index is -0.164. The van der Waals surface area contributed by atoms with E-state index in [0.717, 1.165) is 38.5 Å². The fraction of sp³-hybridized carbons (Fsp3) is 0.435. The van der Waals surface area contributed by atoms with Crippen LogP contribution >= 0.6 is 9.47 Å². The Labute approximate surface area is 167 Å². The van der Waals surface area contributed by atoms with Gasteiger partial charge in [0.05, 0.1) is 13.2 Å². The number of rotatable bonds is 15. The standard InChI is InChI=1S/C23H35O3P/c1-3-4-5-6-10-13-16-19-22(26-27)20-17-14-11-8-7-9-12-15-18-21-23(24)25-2/h4-5,7-8,10,12-17,19,22H,3,6,9,11,18,20-21,27H2,1-2H3/b5-4+,8-7+,13-10+,15-12+,17-14+,19-16+. The van der Waals surface area contributed by atoms with Crippen LogP contribution in [0.1, 0.15) is 51.9 Å². The van der Waals surface area contributed by atoms with Crippen molar-refractivity contribution in [3.8, 4) is 0 Å². The quantitative estimate of drug-likeness (QED) is 0.140. The molecule has 0 aromatic rings. The monoisotopic (exact) mass is 390 g/mol. The second-order valence-corrected chi connectivity index (χ2v) is 6.11. The molecule has 0 radical (unpaired) electrons. The molecular formula is C23H35O3P. The molecule has 0 rings (SSSR count). The lowest BCUT2D eigenvalue weighted by Crippen LogP contribution is -2.00. The van der Waals surface area contributed by atoms with Crippen molar-refractivity contribution in [1.29, 1.82) is 0 Å². The van der Waals surface area contributed by atoms with Crippen LogP contribution in [0.3, 0.4) is 0 Å². The van der Waals surface area contributed by atoms with Crippen molar-refractivity contribution in [1.82, 2.24) is 0 Å². The van der Waals surface area contributed by atoms with Crippen molar-refractivity contribution < 1.29 is 14.1 Å². The lowest BCUT2D eigenvalue weighted by Gasteiger charge is -2.06. The average molecular weight is 391 g/mol. The number of carbonyl (C=O) groups is 1. The molecule has 0 aromatic heterocycles. The Morgan fingerprint density at radius 3 is 2.19 bits per heavy atom. The van der Waals surface area contributed by atoms with Crippen LogP contribution in [-0.4, -0.2) is 19.2 Å². The number of ether oxygens (including phenoxy) is 1. The molecule has 0 aromatic carbocycles. The van der Waals surface area contributed by atoms with Gasteiger partial charge in [0, 0.05) is 15.9 Å². The molecule has 0 saturated heterocycles. The average Bonchev–Trinajstić information content (AvgIpc) is 2.69. The van der Waals surface area contributed by atoms with E-state index < -0.39 is 0 Å². The summed E-state index contributed by atoms with van der Waals surface area (Å²) in [6.45, 7) is 2.14. The molecule has 2 atom stereocenters. The van der Waals surface area contributed by atoms with E-state index in [4.69, 9.17) is 4.52 Å². The molecule has 0 aliphatic rings. The largest absolute Gasteiger partial charge is 0.469 e. The van der Waals surface area contributed by atoms with Crippen LogP contribution < -0.4 is 0 Å². The summed E-state index contributed by atoms with van der Waals surface area (Å²) >= 11 is 0. The SMILES string of the molecule is CC/C=C/C/C=C/C=C/C(C/C=C/C/C=C/C/C=C/CCC(=O)OC)OP. The Morgan fingerprint density at radius 1 is 0.889 bits per heavy atom. The molecule has 0 bridgehead atoms. The van der Waals surface area contributed by atoms with E-state index in [2.05, 4.69) is 81.9 Å². The summed E-state index contributed by atoms with van der Waals surface area (Å²) in [5.41, 5.74) is 0. The van der Waals surface area contributed by atoms with Crippen LogP contribution in [0.2, 0.25) is 0 Å². The molecule has 0 N–H and O–H groups in total.